The second kappa shape index (κ2) is 8.98. The summed E-state index contributed by atoms with van der Waals surface area (Å²) in [5, 5.41) is 3.61. The first kappa shape index (κ1) is 22.4. The molecule has 2 fully saturated rings. The second-order valence-electron chi connectivity index (χ2n) is 8.89. The smallest absolute Gasteiger partial charge is 0.253 e. The molecule has 2 unspecified atom stereocenters. The third-order valence-electron chi connectivity index (χ3n) is 6.91. The van der Waals surface area contributed by atoms with Crippen molar-refractivity contribution in [2.75, 3.05) is 13.1 Å². The van der Waals surface area contributed by atoms with Crippen LogP contribution in [0.5, 0.6) is 0 Å². The van der Waals surface area contributed by atoms with E-state index < -0.39 is 5.66 Å². The molecule has 2 aromatic carbocycles. The summed E-state index contributed by atoms with van der Waals surface area (Å²) in [6.45, 7) is 5.51. The van der Waals surface area contributed by atoms with Crippen LogP contribution in [0.1, 0.15) is 49.0 Å². The zero-order valence-electron chi connectivity index (χ0n) is 18.5. The molecule has 2 aromatic rings. The maximum absolute atomic E-state index is 13.4. The third kappa shape index (κ3) is 4.26. The van der Waals surface area contributed by atoms with Gasteiger partial charge in [0.15, 0.2) is 0 Å². The van der Waals surface area contributed by atoms with Crippen molar-refractivity contribution >= 4 is 11.8 Å². The van der Waals surface area contributed by atoms with Gasteiger partial charge in [0.25, 0.3) is 5.91 Å². The average Bonchev–Trinajstić information content (AvgIpc) is 3.06. The number of halogens is 2. The van der Waals surface area contributed by atoms with Gasteiger partial charge in [-0.25, -0.2) is 8.78 Å². The van der Waals surface area contributed by atoms with Crippen LogP contribution in [-0.2, 0) is 11.3 Å². The quantitative estimate of drug-likeness (QED) is 0.765. The first-order chi connectivity index (χ1) is 15.3. The van der Waals surface area contributed by atoms with Crippen molar-refractivity contribution < 1.29 is 18.4 Å². The van der Waals surface area contributed by atoms with Crippen molar-refractivity contribution in [3.63, 3.8) is 0 Å². The predicted molar refractivity (Wildman–Crippen MR) is 118 cm³/mol. The van der Waals surface area contributed by atoms with E-state index in [9.17, 15) is 18.4 Å². The van der Waals surface area contributed by atoms with Gasteiger partial charge in [0.1, 0.15) is 11.6 Å². The maximum Gasteiger partial charge on any atom is 0.253 e. The number of amides is 2. The number of benzene rings is 2. The highest BCUT2D eigenvalue weighted by Crippen LogP contribution is 2.36. The molecule has 2 saturated heterocycles. The van der Waals surface area contributed by atoms with Crippen LogP contribution < -0.4 is 5.32 Å². The molecule has 170 valence electrons. The fourth-order valence-corrected chi connectivity index (χ4v) is 4.70. The highest BCUT2D eigenvalue weighted by Gasteiger charge is 2.52. The molecule has 2 aliphatic rings. The number of carbonyl (C=O) groups is 2. The van der Waals surface area contributed by atoms with E-state index in [1.807, 2.05) is 4.90 Å². The van der Waals surface area contributed by atoms with Crippen molar-refractivity contribution in [1.29, 1.82) is 0 Å². The molecule has 0 aliphatic carbocycles. The van der Waals surface area contributed by atoms with E-state index >= 15 is 0 Å². The lowest BCUT2D eigenvalue weighted by molar-refractivity contribution is -0.134. The highest BCUT2D eigenvalue weighted by atomic mass is 19.1. The van der Waals surface area contributed by atoms with Crippen molar-refractivity contribution in [3.8, 4) is 0 Å². The normalized spacial score (nSPS) is 21.2. The topological polar surface area (TPSA) is 52.7 Å². The van der Waals surface area contributed by atoms with E-state index in [0.29, 0.717) is 38.0 Å². The Kier molecular flexibility index (Phi) is 6.29. The number of likely N-dealkylation sites (tertiary alicyclic amines) is 1. The van der Waals surface area contributed by atoms with E-state index in [4.69, 9.17) is 0 Å². The first-order valence-electron chi connectivity index (χ1n) is 11.2. The Bertz CT molecular complexity index is 970. The number of nitrogens with one attached hydrogen (secondary N) is 1. The fraction of sp³-hybridized carbons (Fsp3) is 0.440. The molecular weight excluding hydrogens is 412 g/mol. The Morgan fingerprint density at radius 1 is 1.06 bits per heavy atom. The predicted octanol–water partition coefficient (Wildman–Crippen LogP) is 3.94. The van der Waals surface area contributed by atoms with Crippen LogP contribution in [0.4, 0.5) is 8.78 Å². The lowest BCUT2D eigenvalue weighted by atomic mass is 9.94. The molecule has 0 saturated carbocycles. The molecule has 0 aromatic heterocycles. The zero-order chi connectivity index (χ0) is 22.9. The number of rotatable bonds is 5. The Morgan fingerprint density at radius 2 is 1.62 bits per heavy atom. The van der Waals surface area contributed by atoms with Gasteiger partial charge in [-0.1, -0.05) is 32.4 Å². The summed E-state index contributed by atoms with van der Waals surface area (Å²) >= 11 is 0. The molecule has 2 amide bonds. The van der Waals surface area contributed by atoms with Crippen molar-refractivity contribution in [1.82, 2.24) is 15.1 Å². The molecule has 1 spiro atoms. The van der Waals surface area contributed by atoms with Gasteiger partial charge >= 0.3 is 0 Å². The largest absolute Gasteiger partial charge is 0.338 e. The molecule has 0 radical (unpaired) electrons. The first-order valence-corrected chi connectivity index (χ1v) is 11.2. The summed E-state index contributed by atoms with van der Waals surface area (Å²) in [4.78, 5) is 29.9. The van der Waals surface area contributed by atoms with E-state index in [1.54, 1.807) is 17.0 Å². The minimum atomic E-state index is -0.543. The Hall–Kier alpha value is -2.80. The SMILES string of the molecule is CCC(C)C1NC2(CCN(C(=O)c3ccc(F)cc3)CC2)N(Cc2ccc(F)cc2)C1=O. The summed E-state index contributed by atoms with van der Waals surface area (Å²) in [5.74, 6) is -0.578. The molecule has 0 bridgehead atoms. The Balaban J connectivity index is 1.53. The summed E-state index contributed by atoms with van der Waals surface area (Å²) in [6.07, 6.45) is 2.07. The molecule has 2 aliphatic heterocycles. The van der Waals surface area contributed by atoms with E-state index in [2.05, 4.69) is 19.2 Å². The van der Waals surface area contributed by atoms with Crippen LogP contribution in [0.3, 0.4) is 0 Å². The van der Waals surface area contributed by atoms with Crippen LogP contribution in [0.2, 0.25) is 0 Å². The molecule has 5 nitrogen and oxygen atoms in total. The molecule has 2 heterocycles. The van der Waals surface area contributed by atoms with Gasteiger partial charge in [-0.2, -0.15) is 0 Å². The summed E-state index contributed by atoms with van der Waals surface area (Å²) < 4.78 is 26.6. The molecular formula is C25H29F2N3O2. The number of hydrogen-bond donors (Lipinski definition) is 1. The van der Waals surface area contributed by atoms with E-state index in [0.717, 1.165) is 12.0 Å². The van der Waals surface area contributed by atoms with Gasteiger partial charge in [-0.3, -0.25) is 14.9 Å². The third-order valence-corrected chi connectivity index (χ3v) is 6.91. The van der Waals surface area contributed by atoms with Gasteiger partial charge in [0.2, 0.25) is 5.91 Å². The maximum atomic E-state index is 13.4. The second-order valence-corrected chi connectivity index (χ2v) is 8.89. The Labute approximate surface area is 187 Å². The molecule has 7 heteroatoms. The molecule has 4 rings (SSSR count). The average molecular weight is 442 g/mol. The molecule has 2 atom stereocenters. The van der Waals surface area contributed by atoms with Crippen LogP contribution in [0, 0.1) is 17.6 Å². The van der Waals surface area contributed by atoms with E-state index in [1.165, 1.54) is 36.4 Å². The van der Waals surface area contributed by atoms with Crippen LogP contribution in [0.25, 0.3) is 0 Å². The monoisotopic (exact) mass is 441 g/mol. The van der Waals surface area contributed by atoms with Crippen molar-refractivity contribution in [2.24, 2.45) is 5.92 Å². The summed E-state index contributed by atoms with van der Waals surface area (Å²) in [6, 6.07) is 11.5. The minimum Gasteiger partial charge on any atom is -0.338 e. The van der Waals surface area contributed by atoms with Gasteiger partial charge in [0.05, 0.1) is 11.7 Å². The van der Waals surface area contributed by atoms with Gasteiger partial charge in [-0.05, 0) is 47.9 Å². The molecule has 32 heavy (non-hydrogen) atoms. The number of nitrogens with zero attached hydrogens (tertiary/aromatic N) is 2. The van der Waals surface area contributed by atoms with Gasteiger partial charge in [-0.15, -0.1) is 0 Å². The number of hydrogen-bond acceptors (Lipinski definition) is 3. The van der Waals surface area contributed by atoms with Gasteiger partial charge < -0.3 is 9.80 Å². The highest BCUT2D eigenvalue weighted by molar-refractivity contribution is 5.94. The van der Waals surface area contributed by atoms with Crippen LogP contribution in [0.15, 0.2) is 48.5 Å². The van der Waals surface area contributed by atoms with Gasteiger partial charge in [0, 0.05) is 38.0 Å². The Morgan fingerprint density at radius 3 is 2.19 bits per heavy atom. The van der Waals surface area contributed by atoms with Crippen molar-refractivity contribution in [2.45, 2.75) is 51.4 Å². The van der Waals surface area contributed by atoms with Crippen LogP contribution >= 0.6 is 0 Å². The molecule has 1 N–H and O–H groups in total. The minimum absolute atomic E-state index is 0.0574. The standard InChI is InChI=1S/C25H29F2N3O2/c1-3-17(2)22-24(32)30(16-18-4-8-20(26)9-5-18)25(28-22)12-14-29(15-13-25)23(31)19-6-10-21(27)11-7-19/h4-11,17,22,28H,3,12-16H2,1-2H3. The van der Waals surface area contributed by atoms with E-state index in [-0.39, 0.29) is 35.4 Å². The lowest BCUT2D eigenvalue weighted by Gasteiger charge is -2.45. The number of piperidine rings is 1. The van der Waals surface area contributed by atoms with Crippen LogP contribution in [-0.4, -0.2) is 46.4 Å². The summed E-state index contributed by atoms with van der Waals surface area (Å²) in [5.41, 5.74) is 0.785. The zero-order valence-corrected chi connectivity index (χ0v) is 18.5. The lowest BCUT2D eigenvalue weighted by Crippen LogP contribution is -2.59. The summed E-state index contributed by atoms with van der Waals surface area (Å²) in [7, 11) is 0. The number of carbonyl (C=O) groups excluding carboxylic acids is 2. The fourth-order valence-electron chi connectivity index (χ4n) is 4.70. The van der Waals surface area contributed by atoms with Crippen molar-refractivity contribution in [3.05, 3.63) is 71.3 Å².